The highest BCUT2D eigenvalue weighted by molar-refractivity contribution is 5.11. The molecule has 1 atom stereocenters. The zero-order valence-corrected chi connectivity index (χ0v) is 11.3. The van der Waals surface area contributed by atoms with E-state index >= 15 is 0 Å². The molecule has 1 aromatic rings. The first-order valence-corrected chi connectivity index (χ1v) is 6.77. The van der Waals surface area contributed by atoms with Crippen LogP contribution in [0.15, 0.2) is 12.4 Å². The summed E-state index contributed by atoms with van der Waals surface area (Å²) in [5, 5.41) is 21.5. The van der Waals surface area contributed by atoms with Crippen LogP contribution in [0.1, 0.15) is 44.9 Å². The summed E-state index contributed by atoms with van der Waals surface area (Å²) in [4.78, 5) is 3.96. The smallest absolute Gasteiger partial charge is 0.212 e. The van der Waals surface area contributed by atoms with Gasteiger partial charge in [-0.05, 0) is 39.0 Å². The summed E-state index contributed by atoms with van der Waals surface area (Å²) in [5.74, 6) is 0.458. The van der Waals surface area contributed by atoms with Crippen LogP contribution >= 0.6 is 0 Å². The average molecular weight is 257 g/mol. The van der Waals surface area contributed by atoms with Crippen molar-refractivity contribution in [1.29, 1.82) is 10.5 Å². The van der Waals surface area contributed by atoms with Gasteiger partial charge in [-0.15, -0.1) is 0 Å². The van der Waals surface area contributed by atoms with Gasteiger partial charge in [0.1, 0.15) is 11.6 Å². The molecule has 0 aliphatic heterocycles. The van der Waals surface area contributed by atoms with Crippen molar-refractivity contribution in [1.82, 2.24) is 14.9 Å². The highest BCUT2D eigenvalue weighted by Gasteiger charge is 2.31. The fourth-order valence-electron chi connectivity index (χ4n) is 2.20. The summed E-state index contributed by atoms with van der Waals surface area (Å²) in [6, 6.07) is 4.99. The zero-order valence-electron chi connectivity index (χ0n) is 11.3. The Labute approximate surface area is 113 Å². The quantitative estimate of drug-likeness (QED) is 0.757. The SMILES string of the molecule is CC(C#N)(CCCCn1ccnc1C#N)NC1CC1. The molecule has 1 N–H and O–H groups in total. The minimum atomic E-state index is -0.409. The summed E-state index contributed by atoms with van der Waals surface area (Å²) in [5.41, 5.74) is -0.409. The first-order valence-electron chi connectivity index (χ1n) is 6.77. The van der Waals surface area contributed by atoms with Crippen molar-refractivity contribution in [3.05, 3.63) is 18.2 Å². The maximum absolute atomic E-state index is 9.26. The Morgan fingerprint density at radius 1 is 1.47 bits per heavy atom. The Balaban J connectivity index is 1.74. The lowest BCUT2D eigenvalue weighted by atomic mass is 9.96. The normalized spacial score (nSPS) is 17.4. The summed E-state index contributed by atoms with van der Waals surface area (Å²) in [6.07, 6.45) is 8.62. The number of hydrogen-bond acceptors (Lipinski definition) is 4. The molecule has 0 bridgehead atoms. The average Bonchev–Trinajstić information content (AvgIpc) is 3.10. The van der Waals surface area contributed by atoms with Crippen LogP contribution in [-0.2, 0) is 6.54 Å². The number of unbranched alkanes of at least 4 members (excludes halogenated alkanes) is 1. The Bertz CT molecular complexity index is 503. The van der Waals surface area contributed by atoms with Gasteiger partial charge >= 0.3 is 0 Å². The minimum Gasteiger partial charge on any atom is -0.323 e. The van der Waals surface area contributed by atoms with Crippen molar-refractivity contribution >= 4 is 0 Å². The second-order valence-corrected chi connectivity index (χ2v) is 5.38. The van der Waals surface area contributed by atoms with Gasteiger partial charge in [0, 0.05) is 25.0 Å². The monoisotopic (exact) mass is 257 g/mol. The summed E-state index contributed by atoms with van der Waals surface area (Å²) < 4.78 is 1.86. The van der Waals surface area contributed by atoms with Crippen LogP contribution in [0, 0.1) is 22.7 Å². The molecule has 5 heteroatoms. The molecule has 2 rings (SSSR count). The molecule has 0 saturated heterocycles. The molecule has 0 radical (unpaired) electrons. The second-order valence-electron chi connectivity index (χ2n) is 5.38. The maximum Gasteiger partial charge on any atom is 0.212 e. The van der Waals surface area contributed by atoms with Gasteiger partial charge in [-0.25, -0.2) is 4.98 Å². The lowest BCUT2D eigenvalue weighted by molar-refractivity contribution is 0.392. The molecule has 1 unspecified atom stereocenters. The van der Waals surface area contributed by atoms with E-state index in [0.29, 0.717) is 11.9 Å². The van der Waals surface area contributed by atoms with Crippen LogP contribution in [0.2, 0.25) is 0 Å². The topological polar surface area (TPSA) is 77.4 Å². The van der Waals surface area contributed by atoms with E-state index < -0.39 is 5.54 Å². The Morgan fingerprint density at radius 2 is 2.26 bits per heavy atom. The highest BCUT2D eigenvalue weighted by Crippen LogP contribution is 2.24. The number of imidazole rings is 1. The number of nitriles is 2. The van der Waals surface area contributed by atoms with E-state index in [2.05, 4.69) is 22.4 Å². The van der Waals surface area contributed by atoms with Gasteiger partial charge in [-0.2, -0.15) is 10.5 Å². The fourth-order valence-corrected chi connectivity index (χ4v) is 2.20. The minimum absolute atomic E-state index is 0.409. The first-order chi connectivity index (χ1) is 9.17. The summed E-state index contributed by atoms with van der Waals surface area (Å²) in [6.45, 7) is 2.76. The predicted molar refractivity (Wildman–Crippen MR) is 71.0 cm³/mol. The highest BCUT2D eigenvalue weighted by atomic mass is 15.1. The number of aryl methyl sites for hydroxylation is 1. The number of nitrogens with one attached hydrogen (secondary N) is 1. The molecular formula is C14H19N5. The van der Waals surface area contributed by atoms with E-state index in [-0.39, 0.29) is 0 Å². The number of hydrogen-bond donors (Lipinski definition) is 1. The second kappa shape index (κ2) is 5.86. The molecule has 1 fully saturated rings. The van der Waals surface area contributed by atoms with Gasteiger partial charge in [-0.1, -0.05) is 0 Å². The summed E-state index contributed by atoms with van der Waals surface area (Å²) >= 11 is 0. The third kappa shape index (κ3) is 3.81. The molecule has 100 valence electrons. The van der Waals surface area contributed by atoms with Gasteiger partial charge in [-0.3, -0.25) is 5.32 Å². The molecule has 0 aromatic carbocycles. The van der Waals surface area contributed by atoms with Crippen LogP contribution in [0.5, 0.6) is 0 Å². The lowest BCUT2D eigenvalue weighted by Gasteiger charge is -2.23. The van der Waals surface area contributed by atoms with Gasteiger partial charge in [0.05, 0.1) is 6.07 Å². The predicted octanol–water partition coefficient (Wildman–Crippen LogP) is 1.96. The van der Waals surface area contributed by atoms with Crippen molar-refractivity contribution in [2.24, 2.45) is 0 Å². The summed E-state index contributed by atoms with van der Waals surface area (Å²) in [7, 11) is 0. The Hall–Kier alpha value is -1.85. The van der Waals surface area contributed by atoms with E-state index in [1.807, 2.05) is 17.7 Å². The third-order valence-electron chi connectivity index (χ3n) is 3.49. The standard InChI is InChI=1S/C14H19N5/c1-14(11-16,18-12-4-5-12)6-2-3-8-19-9-7-17-13(19)10-15/h7,9,12,18H,2-6,8H2,1H3. The Kier molecular flexibility index (Phi) is 4.19. The van der Waals surface area contributed by atoms with Gasteiger partial charge in [0.2, 0.25) is 5.82 Å². The molecule has 0 spiro atoms. The molecule has 19 heavy (non-hydrogen) atoms. The third-order valence-corrected chi connectivity index (χ3v) is 3.49. The van der Waals surface area contributed by atoms with E-state index in [1.165, 1.54) is 12.8 Å². The number of nitrogens with zero attached hydrogens (tertiary/aromatic N) is 4. The lowest BCUT2D eigenvalue weighted by Crippen LogP contribution is -2.42. The van der Waals surface area contributed by atoms with Crippen molar-refractivity contribution in [3.8, 4) is 12.1 Å². The van der Waals surface area contributed by atoms with Crippen molar-refractivity contribution in [2.45, 2.75) is 57.2 Å². The van der Waals surface area contributed by atoms with Crippen molar-refractivity contribution in [2.75, 3.05) is 0 Å². The van der Waals surface area contributed by atoms with E-state index in [4.69, 9.17) is 5.26 Å². The molecule has 1 saturated carbocycles. The van der Waals surface area contributed by atoms with E-state index in [0.717, 1.165) is 25.8 Å². The fraction of sp³-hybridized carbons (Fsp3) is 0.643. The van der Waals surface area contributed by atoms with Crippen LogP contribution < -0.4 is 5.32 Å². The van der Waals surface area contributed by atoms with Crippen LogP contribution in [-0.4, -0.2) is 21.1 Å². The zero-order chi connectivity index (χ0) is 13.7. The Morgan fingerprint density at radius 3 is 2.89 bits per heavy atom. The first kappa shape index (κ1) is 13.6. The van der Waals surface area contributed by atoms with Crippen molar-refractivity contribution in [3.63, 3.8) is 0 Å². The van der Waals surface area contributed by atoms with Crippen LogP contribution in [0.4, 0.5) is 0 Å². The molecule has 1 aliphatic rings. The maximum atomic E-state index is 9.26. The molecule has 1 heterocycles. The number of aromatic nitrogens is 2. The van der Waals surface area contributed by atoms with E-state index in [9.17, 15) is 5.26 Å². The molecule has 0 amide bonds. The number of rotatable bonds is 7. The molecule has 5 nitrogen and oxygen atoms in total. The van der Waals surface area contributed by atoms with Crippen LogP contribution in [0.3, 0.4) is 0 Å². The molecular weight excluding hydrogens is 238 g/mol. The molecule has 1 aliphatic carbocycles. The largest absolute Gasteiger partial charge is 0.323 e. The van der Waals surface area contributed by atoms with Crippen molar-refractivity contribution < 1.29 is 0 Å². The van der Waals surface area contributed by atoms with Crippen LogP contribution in [0.25, 0.3) is 0 Å². The molecule has 1 aromatic heterocycles. The van der Waals surface area contributed by atoms with Gasteiger partial charge < -0.3 is 4.57 Å². The van der Waals surface area contributed by atoms with Gasteiger partial charge in [0.15, 0.2) is 0 Å². The van der Waals surface area contributed by atoms with E-state index in [1.54, 1.807) is 6.20 Å². The van der Waals surface area contributed by atoms with Gasteiger partial charge in [0.25, 0.3) is 0 Å².